The summed E-state index contributed by atoms with van der Waals surface area (Å²) in [6, 6.07) is 0. The fourth-order valence-corrected chi connectivity index (χ4v) is 2.16. The van der Waals surface area contributed by atoms with E-state index in [9.17, 15) is 0 Å². The maximum absolute atomic E-state index is 6.09. The minimum absolute atomic E-state index is 0.373. The molecule has 0 unspecified atom stereocenters. The van der Waals surface area contributed by atoms with Gasteiger partial charge in [-0.15, -0.1) is 11.8 Å². The molecule has 2 N–H and O–H groups in total. The summed E-state index contributed by atoms with van der Waals surface area (Å²) in [7, 11) is 0. The first-order valence-electron chi connectivity index (χ1n) is 6.46. The number of nitrogens with two attached hydrogens (primary N) is 1. The topological polar surface area (TPSA) is 47.6 Å². The molecule has 0 heterocycles. The zero-order valence-electron chi connectivity index (χ0n) is 12.2. The maximum Gasteiger partial charge on any atom is 0.166 e. The van der Waals surface area contributed by atoms with E-state index in [1.165, 1.54) is 11.8 Å². The third-order valence-electron chi connectivity index (χ3n) is 2.27. The summed E-state index contributed by atoms with van der Waals surface area (Å²) < 4.78 is 5.73. The quantitative estimate of drug-likeness (QED) is 0.353. The Bertz CT molecular complexity index is 410. The summed E-state index contributed by atoms with van der Waals surface area (Å²) in [5, 5.41) is 2.13. The van der Waals surface area contributed by atoms with Gasteiger partial charge < -0.3 is 10.5 Å². The van der Waals surface area contributed by atoms with Crippen LogP contribution in [0.5, 0.6) is 0 Å². The third-order valence-corrected chi connectivity index (χ3v) is 3.56. The van der Waals surface area contributed by atoms with Crippen LogP contribution >= 0.6 is 23.4 Å². The molecule has 0 aromatic rings. The number of hydrogen-bond acceptors (Lipinski definition) is 4. The van der Waals surface area contributed by atoms with Gasteiger partial charge in [0, 0.05) is 29.7 Å². The lowest BCUT2D eigenvalue weighted by Crippen LogP contribution is -2.01. The van der Waals surface area contributed by atoms with Gasteiger partial charge in [0.1, 0.15) is 5.76 Å². The van der Waals surface area contributed by atoms with E-state index >= 15 is 0 Å². The van der Waals surface area contributed by atoms with E-state index in [2.05, 4.69) is 25.1 Å². The molecular weight excluding hydrogens is 292 g/mol. The predicted molar refractivity (Wildman–Crippen MR) is 91.7 cm³/mol. The second kappa shape index (κ2) is 11.7. The standard InChI is InChI=1S/C15H23ClN2OS/c1-5-8-13(15(16)18-10-6-2)19-11-9-14(12(4)17)20-7-3/h6-7,10H,2-3,5,8-9,11,17H2,1,4H3/b14-12-,15-13+,18-10?. The van der Waals surface area contributed by atoms with Crippen molar-refractivity contribution in [1.82, 2.24) is 0 Å². The number of ether oxygens (including phenoxy) is 1. The highest BCUT2D eigenvalue weighted by atomic mass is 35.5. The molecule has 0 aromatic heterocycles. The minimum Gasteiger partial charge on any atom is -0.494 e. The van der Waals surface area contributed by atoms with Crippen LogP contribution in [-0.2, 0) is 4.74 Å². The second-order valence-corrected chi connectivity index (χ2v) is 5.39. The summed E-state index contributed by atoms with van der Waals surface area (Å²) in [5.41, 5.74) is 6.59. The average Bonchev–Trinajstić information content (AvgIpc) is 2.42. The van der Waals surface area contributed by atoms with Crippen molar-refractivity contribution in [3.05, 3.63) is 46.2 Å². The zero-order valence-corrected chi connectivity index (χ0v) is 13.8. The van der Waals surface area contributed by atoms with Crippen LogP contribution in [0.25, 0.3) is 0 Å². The second-order valence-electron chi connectivity index (χ2n) is 3.97. The summed E-state index contributed by atoms with van der Waals surface area (Å²) in [6.45, 7) is 11.7. The fraction of sp³-hybridized carbons (Fsp3) is 0.400. The van der Waals surface area contributed by atoms with Gasteiger partial charge in [-0.1, -0.05) is 37.8 Å². The molecule has 0 aliphatic heterocycles. The van der Waals surface area contributed by atoms with E-state index in [1.807, 2.05) is 6.92 Å². The van der Waals surface area contributed by atoms with Crippen LogP contribution in [0.3, 0.4) is 0 Å². The molecule has 0 aromatic carbocycles. The lowest BCUT2D eigenvalue weighted by Gasteiger charge is -2.12. The van der Waals surface area contributed by atoms with Crippen molar-refractivity contribution in [2.45, 2.75) is 33.1 Å². The number of hydrogen-bond donors (Lipinski definition) is 1. The van der Waals surface area contributed by atoms with Crippen LogP contribution in [0.2, 0.25) is 0 Å². The molecule has 0 atom stereocenters. The van der Waals surface area contributed by atoms with Gasteiger partial charge in [0.15, 0.2) is 5.16 Å². The molecule has 0 radical (unpaired) electrons. The Hall–Kier alpha value is -1.13. The summed E-state index contributed by atoms with van der Waals surface area (Å²) in [5.74, 6) is 0.699. The Kier molecular flexibility index (Phi) is 11.0. The molecule has 5 heteroatoms. The molecule has 0 rings (SSSR count). The highest BCUT2D eigenvalue weighted by Crippen LogP contribution is 2.24. The molecule has 0 aliphatic carbocycles. The number of rotatable bonds is 10. The van der Waals surface area contributed by atoms with Crippen molar-refractivity contribution >= 4 is 29.6 Å². The number of nitrogens with zero attached hydrogens (tertiary/aromatic N) is 1. The van der Waals surface area contributed by atoms with E-state index in [4.69, 9.17) is 22.1 Å². The van der Waals surface area contributed by atoms with Gasteiger partial charge in [-0.3, -0.25) is 0 Å². The molecule has 3 nitrogen and oxygen atoms in total. The van der Waals surface area contributed by atoms with Gasteiger partial charge in [0.2, 0.25) is 0 Å². The van der Waals surface area contributed by atoms with Crippen molar-refractivity contribution in [3.63, 3.8) is 0 Å². The highest BCUT2D eigenvalue weighted by molar-refractivity contribution is 8.05. The molecule has 0 saturated carbocycles. The largest absolute Gasteiger partial charge is 0.494 e. The van der Waals surface area contributed by atoms with Crippen molar-refractivity contribution in [2.24, 2.45) is 10.7 Å². The van der Waals surface area contributed by atoms with E-state index in [0.717, 1.165) is 29.9 Å². The highest BCUT2D eigenvalue weighted by Gasteiger charge is 2.06. The van der Waals surface area contributed by atoms with E-state index in [0.29, 0.717) is 17.5 Å². The van der Waals surface area contributed by atoms with Crippen LogP contribution < -0.4 is 5.73 Å². The van der Waals surface area contributed by atoms with Gasteiger partial charge in [-0.25, -0.2) is 4.99 Å². The fourth-order valence-electron chi connectivity index (χ4n) is 1.37. The Morgan fingerprint density at radius 2 is 2.10 bits per heavy atom. The van der Waals surface area contributed by atoms with E-state index in [-0.39, 0.29) is 0 Å². The number of allylic oxidation sites excluding steroid dienone is 3. The van der Waals surface area contributed by atoms with Gasteiger partial charge >= 0.3 is 0 Å². The first-order valence-corrected chi connectivity index (χ1v) is 7.71. The molecule has 0 fully saturated rings. The maximum atomic E-state index is 6.09. The number of thioether (sulfide) groups is 1. The molecule has 0 aliphatic rings. The average molecular weight is 315 g/mol. The van der Waals surface area contributed by atoms with Crippen LogP contribution in [0, 0.1) is 0 Å². The number of aliphatic imine (C=N–C) groups is 1. The normalized spacial score (nSPS) is 13.8. The molecule has 20 heavy (non-hydrogen) atoms. The summed E-state index contributed by atoms with van der Waals surface area (Å²) >= 11 is 7.61. The van der Waals surface area contributed by atoms with Gasteiger partial charge in [-0.05, 0) is 18.8 Å². The molecule has 0 saturated heterocycles. The molecule has 0 amide bonds. The minimum atomic E-state index is 0.373. The van der Waals surface area contributed by atoms with Crippen molar-refractivity contribution in [1.29, 1.82) is 0 Å². The van der Waals surface area contributed by atoms with Crippen LogP contribution in [0.1, 0.15) is 33.1 Å². The number of halogens is 1. The van der Waals surface area contributed by atoms with Crippen molar-refractivity contribution in [2.75, 3.05) is 6.61 Å². The monoisotopic (exact) mass is 314 g/mol. The lowest BCUT2D eigenvalue weighted by molar-refractivity contribution is 0.204. The Balaban J connectivity index is 4.63. The van der Waals surface area contributed by atoms with Crippen LogP contribution in [-0.4, -0.2) is 12.8 Å². The van der Waals surface area contributed by atoms with Gasteiger partial charge in [0.25, 0.3) is 0 Å². The summed E-state index contributed by atoms with van der Waals surface area (Å²) in [4.78, 5) is 5.11. The molecule has 0 spiro atoms. The summed E-state index contributed by atoms with van der Waals surface area (Å²) in [6.07, 6.45) is 5.54. The van der Waals surface area contributed by atoms with Crippen molar-refractivity contribution < 1.29 is 4.74 Å². The first-order chi connectivity index (χ1) is 9.56. The smallest absolute Gasteiger partial charge is 0.166 e. The Morgan fingerprint density at radius 3 is 2.60 bits per heavy atom. The SMILES string of the molecule is C=CC=N/C(Cl)=C(\CCC)OCC/C(SC=C)=C(\C)N. The lowest BCUT2D eigenvalue weighted by atomic mass is 10.3. The molecule has 0 bridgehead atoms. The van der Waals surface area contributed by atoms with Crippen molar-refractivity contribution in [3.8, 4) is 0 Å². The van der Waals surface area contributed by atoms with Gasteiger partial charge in [-0.2, -0.15) is 0 Å². The first kappa shape index (κ1) is 18.9. The Labute approximate surface area is 131 Å². The third kappa shape index (κ3) is 8.12. The van der Waals surface area contributed by atoms with Crippen LogP contribution in [0.15, 0.2) is 51.2 Å². The predicted octanol–water partition coefficient (Wildman–Crippen LogP) is 4.92. The van der Waals surface area contributed by atoms with E-state index < -0.39 is 0 Å². The molecule has 112 valence electrons. The zero-order chi connectivity index (χ0) is 15.4. The Morgan fingerprint density at radius 1 is 1.40 bits per heavy atom. The van der Waals surface area contributed by atoms with Gasteiger partial charge in [0.05, 0.1) is 6.61 Å². The van der Waals surface area contributed by atoms with E-state index in [1.54, 1.807) is 17.7 Å². The molecular formula is C15H23ClN2OS. The van der Waals surface area contributed by atoms with Crippen LogP contribution in [0.4, 0.5) is 0 Å².